The van der Waals surface area contributed by atoms with Crippen LogP contribution < -0.4 is 14.2 Å². The molecular weight excluding hydrogens is 320 g/mol. The van der Waals surface area contributed by atoms with Crippen LogP contribution in [-0.4, -0.2) is 24.4 Å². The maximum absolute atomic E-state index is 5.74. The Kier molecular flexibility index (Phi) is 4.88. The molecule has 6 nitrogen and oxygen atoms in total. The third-order valence-electron chi connectivity index (χ3n) is 3.67. The molecule has 0 aliphatic heterocycles. The lowest BCUT2D eigenvalue weighted by atomic mass is 10.1. The van der Waals surface area contributed by atoms with E-state index in [2.05, 4.69) is 16.2 Å². The van der Waals surface area contributed by atoms with Crippen LogP contribution in [0.3, 0.4) is 0 Å². The Morgan fingerprint density at radius 2 is 1.64 bits per heavy atom. The first-order valence-electron chi connectivity index (χ1n) is 7.85. The van der Waals surface area contributed by atoms with E-state index in [0.29, 0.717) is 23.2 Å². The van der Waals surface area contributed by atoms with Gasteiger partial charge in [0.1, 0.15) is 5.75 Å². The summed E-state index contributed by atoms with van der Waals surface area (Å²) in [6.07, 6.45) is 0. The second-order valence-corrected chi connectivity index (χ2v) is 5.69. The van der Waals surface area contributed by atoms with Crippen LogP contribution in [0.15, 0.2) is 40.9 Å². The van der Waals surface area contributed by atoms with Gasteiger partial charge in [-0.3, -0.25) is 0 Å². The lowest BCUT2D eigenvalue weighted by Crippen LogP contribution is -1.96. The highest BCUT2D eigenvalue weighted by atomic mass is 16.5. The SMILES string of the molecule is COc1ccc(-c2noc(COc3cc(C)cc(C)c3)n2)cc1OC. The number of nitrogens with zero attached hydrogens (tertiary/aromatic N) is 2. The van der Waals surface area contributed by atoms with Gasteiger partial charge in [0.05, 0.1) is 14.2 Å². The maximum Gasteiger partial charge on any atom is 0.264 e. The molecule has 0 unspecified atom stereocenters. The Hall–Kier alpha value is -3.02. The molecule has 0 N–H and O–H groups in total. The van der Waals surface area contributed by atoms with Gasteiger partial charge in [-0.05, 0) is 55.3 Å². The molecule has 0 aliphatic carbocycles. The summed E-state index contributed by atoms with van der Waals surface area (Å²) in [5.41, 5.74) is 3.07. The zero-order chi connectivity index (χ0) is 17.8. The van der Waals surface area contributed by atoms with Gasteiger partial charge in [-0.2, -0.15) is 4.98 Å². The molecule has 0 saturated carbocycles. The fourth-order valence-corrected chi connectivity index (χ4v) is 2.57. The standard InChI is InChI=1S/C19H20N2O4/c1-12-7-13(2)9-15(8-12)24-11-18-20-19(21-25-18)14-5-6-16(22-3)17(10-14)23-4/h5-10H,11H2,1-4H3. The summed E-state index contributed by atoms with van der Waals surface area (Å²) >= 11 is 0. The molecule has 0 aliphatic rings. The van der Waals surface area contributed by atoms with Crippen molar-refractivity contribution in [1.29, 1.82) is 0 Å². The van der Waals surface area contributed by atoms with E-state index < -0.39 is 0 Å². The van der Waals surface area contributed by atoms with Gasteiger partial charge in [0, 0.05) is 5.56 Å². The maximum atomic E-state index is 5.74. The predicted octanol–water partition coefficient (Wildman–Crippen LogP) is 3.95. The second kappa shape index (κ2) is 7.25. The van der Waals surface area contributed by atoms with Crippen LogP contribution in [0.2, 0.25) is 0 Å². The van der Waals surface area contributed by atoms with Crippen molar-refractivity contribution >= 4 is 0 Å². The summed E-state index contributed by atoms with van der Waals surface area (Å²) in [5, 5.41) is 4.00. The molecular formula is C19H20N2O4. The fraction of sp³-hybridized carbons (Fsp3) is 0.263. The number of ether oxygens (including phenoxy) is 3. The van der Waals surface area contributed by atoms with Gasteiger partial charge >= 0.3 is 0 Å². The summed E-state index contributed by atoms with van der Waals surface area (Å²) in [7, 11) is 3.18. The molecule has 0 fully saturated rings. The van der Waals surface area contributed by atoms with E-state index in [9.17, 15) is 0 Å². The molecule has 1 aromatic heterocycles. The van der Waals surface area contributed by atoms with Gasteiger partial charge in [-0.25, -0.2) is 0 Å². The number of benzene rings is 2. The molecule has 3 aromatic rings. The molecule has 0 amide bonds. The number of rotatable bonds is 6. The van der Waals surface area contributed by atoms with Crippen molar-refractivity contribution in [2.45, 2.75) is 20.5 Å². The molecule has 0 saturated heterocycles. The number of methoxy groups -OCH3 is 2. The van der Waals surface area contributed by atoms with Crippen LogP contribution in [-0.2, 0) is 6.61 Å². The van der Waals surface area contributed by atoms with Gasteiger partial charge in [0.25, 0.3) is 5.89 Å². The average Bonchev–Trinajstić information content (AvgIpc) is 3.07. The average molecular weight is 340 g/mol. The van der Waals surface area contributed by atoms with E-state index in [1.54, 1.807) is 26.4 Å². The van der Waals surface area contributed by atoms with Crippen molar-refractivity contribution in [2.75, 3.05) is 14.2 Å². The third-order valence-corrected chi connectivity index (χ3v) is 3.67. The fourth-order valence-electron chi connectivity index (χ4n) is 2.57. The molecule has 1 heterocycles. The first-order chi connectivity index (χ1) is 12.1. The van der Waals surface area contributed by atoms with Crippen LogP contribution in [0.1, 0.15) is 17.0 Å². The normalized spacial score (nSPS) is 10.6. The minimum Gasteiger partial charge on any atom is -0.493 e. The molecule has 0 bridgehead atoms. The van der Waals surface area contributed by atoms with E-state index in [-0.39, 0.29) is 6.61 Å². The first-order valence-corrected chi connectivity index (χ1v) is 7.85. The van der Waals surface area contributed by atoms with Crippen LogP contribution in [0.25, 0.3) is 11.4 Å². The quantitative estimate of drug-likeness (QED) is 0.677. The summed E-state index contributed by atoms with van der Waals surface area (Å²) < 4.78 is 21.5. The van der Waals surface area contributed by atoms with Gasteiger partial charge in [0.2, 0.25) is 5.82 Å². The van der Waals surface area contributed by atoms with Crippen molar-refractivity contribution in [2.24, 2.45) is 0 Å². The minimum atomic E-state index is 0.211. The van der Waals surface area contributed by atoms with Gasteiger partial charge in [-0.1, -0.05) is 11.2 Å². The van der Waals surface area contributed by atoms with Gasteiger partial charge in [-0.15, -0.1) is 0 Å². The Bertz CT molecular complexity index is 853. The van der Waals surface area contributed by atoms with Crippen molar-refractivity contribution in [1.82, 2.24) is 10.1 Å². The molecule has 0 spiro atoms. The molecule has 130 valence electrons. The van der Waals surface area contributed by atoms with Crippen LogP contribution in [0.4, 0.5) is 0 Å². The predicted molar refractivity (Wildman–Crippen MR) is 93.1 cm³/mol. The Morgan fingerprint density at radius 3 is 2.32 bits per heavy atom. The molecule has 6 heteroatoms. The van der Waals surface area contributed by atoms with E-state index in [1.807, 2.05) is 32.0 Å². The molecule has 2 aromatic carbocycles. The van der Waals surface area contributed by atoms with Crippen LogP contribution in [0.5, 0.6) is 17.2 Å². The van der Waals surface area contributed by atoms with Gasteiger partial charge < -0.3 is 18.7 Å². The van der Waals surface area contributed by atoms with Crippen molar-refractivity contribution in [3.8, 4) is 28.6 Å². The molecule has 0 radical (unpaired) electrons. The topological polar surface area (TPSA) is 66.6 Å². The zero-order valence-corrected chi connectivity index (χ0v) is 14.7. The van der Waals surface area contributed by atoms with E-state index in [1.165, 1.54) is 0 Å². The van der Waals surface area contributed by atoms with E-state index in [0.717, 1.165) is 22.4 Å². The highest BCUT2D eigenvalue weighted by Gasteiger charge is 2.12. The van der Waals surface area contributed by atoms with Crippen molar-refractivity contribution in [3.63, 3.8) is 0 Å². The smallest absolute Gasteiger partial charge is 0.264 e. The number of hydrogen-bond acceptors (Lipinski definition) is 6. The first kappa shape index (κ1) is 16.8. The number of aromatic nitrogens is 2. The third kappa shape index (κ3) is 3.91. The Balaban J connectivity index is 1.74. The van der Waals surface area contributed by atoms with Crippen LogP contribution >= 0.6 is 0 Å². The lowest BCUT2D eigenvalue weighted by Gasteiger charge is -2.07. The summed E-state index contributed by atoms with van der Waals surface area (Å²) in [6, 6.07) is 11.5. The largest absolute Gasteiger partial charge is 0.493 e. The minimum absolute atomic E-state index is 0.211. The van der Waals surface area contributed by atoms with E-state index >= 15 is 0 Å². The number of hydrogen-bond donors (Lipinski definition) is 0. The molecule has 0 atom stereocenters. The van der Waals surface area contributed by atoms with Crippen LogP contribution in [0, 0.1) is 13.8 Å². The molecule has 25 heavy (non-hydrogen) atoms. The van der Waals surface area contributed by atoms with Crippen molar-refractivity contribution in [3.05, 3.63) is 53.4 Å². The Labute approximate surface area is 146 Å². The second-order valence-electron chi connectivity index (χ2n) is 5.69. The highest BCUT2D eigenvalue weighted by molar-refractivity contribution is 5.60. The Morgan fingerprint density at radius 1 is 0.920 bits per heavy atom. The summed E-state index contributed by atoms with van der Waals surface area (Å²) in [4.78, 5) is 4.37. The highest BCUT2D eigenvalue weighted by Crippen LogP contribution is 2.31. The lowest BCUT2D eigenvalue weighted by molar-refractivity contribution is 0.242. The summed E-state index contributed by atoms with van der Waals surface area (Å²) in [5.74, 6) is 2.92. The molecule has 3 rings (SSSR count). The van der Waals surface area contributed by atoms with E-state index in [4.69, 9.17) is 18.7 Å². The van der Waals surface area contributed by atoms with Crippen molar-refractivity contribution < 1.29 is 18.7 Å². The zero-order valence-electron chi connectivity index (χ0n) is 14.7. The monoisotopic (exact) mass is 340 g/mol. The number of aryl methyl sites for hydroxylation is 2. The van der Waals surface area contributed by atoms with Gasteiger partial charge in [0.15, 0.2) is 18.1 Å². The summed E-state index contributed by atoms with van der Waals surface area (Å²) in [6.45, 7) is 4.27.